The van der Waals surface area contributed by atoms with E-state index in [1.807, 2.05) is 0 Å². The van der Waals surface area contributed by atoms with Crippen LogP contribution < -0.4 is 15.0 Å². The standard InChI is InChI=1S/C20H11F4N3O2S2/c21-12-3-1-11(2-4-12)17-25-13(10-31-17)9-16-18(28)27(19(30)26-16)14-5-7-15(8-6-14)29-20(22,23)24/h1-10H,(H,26,30)/b16-9+. The molecule has 0 radical (unpaired) electrons. The third-order valence-corrected chi connectivity index (χ3v) is 5.31. The Bertz CT molecular complexity index is 1170. The van der Waals surface area contributed by atoms with Crippen LogP contribution in [0, 0.1) is 5.82 Å². The molecule has 4 rings (SSSR count). The van der Waals surface area contributed by atoms with E-state index in [0.717, 1.165) is 22.6 Å². The minimum Gasteiger partial charge on any atom is -0.406 e. The summed E-state index contributed by atoms with van der Waals surface area (Å²) in [6, 6.07) is 10.7. The van der Waals surface area contributed by atoms with Crippen molar-refractivity contribution < 1.29 is 27.1 Å². The van der Waals surface area contributed by atoms with Gasteiger partial charge in [0.15, 0.2) is 5.11 Å². The fourth-order valence-corrected chi connectivity index (χ4v) is 3.87. The van der Waals surface area contributed by atoms with Crippen LogP contribution in [-0.2, 0) is 4.79 Å². The average molecular weight is 465 g/mol. The highest BCUT2D eigenvalue weighted by Crippen LogP contribution is 2.29. The molecule has 2 heterocycles. The largest absolute Gasteiger partial charge is 0.573 e. The summed E-state index contributed by atoms with van der Waals surface area (Å²) in [5.41, 5.74) is 1.68. The first-order chi connectivity index (χ1) is 14.7. The number of ether oxygens (including phenoxy) is 1. The summed E-state index contributed by atoms with van der Waals surface area (Å²) < 4.78 is 53.8. The van der Waals surface area contributed by atoms with Crippen LogP contribution in [-0.4, -0.2) is 22.4 Å². The Morgan fingerprint density at radius 2 is 1.77 bits per heavy atom. The van der Waals surface area contributed by atoms with Crippen molar-refractivity contribution in [2.45, 2.75) is 6.36 Å². The molecule has 11 heteroatoms. The normalized spacial score (nSPS) is 15.5. The maximum atomic E-state index is 13.1. The van der Waals surface area contributed by atoms with Gasteiger partial charge in [-0.15, -0.1) is 24.5 Å². The van der Waals surface area contributed by atoms with Crippen molar-refractivity contribution in [2.75, 3.05) is 4.90 Å². The molecule has 1 aliphatic rings. The average Bonchev–Trinajstić information content (AvgIpc) is 3.27. The van der Waals surface area contributed by atoms with E-state index in [2.05, 4.69) is 15.0 Å². The van der Waals surface area contributed by atoms with Crippen LogP contribution in [0.1, 0.15) is 5.69 Å². The summed E-state index contributed by atoms with van der Waals surface area (Å²) in [6.45, 7) is 0. The fraction of sp³-hybridized carbons (Fsp3) is 0.0500. The predicted octanol–water partition coefficient (Wildman–Crippen LogP) is 5.11. The van der Waals surface area contributed by atoms with Crippen molar-refractivity contribution in [2.24, 2.45) is 0 Å². The van der Waals surface area contributed by atoms with Crippen LogP contribution in [0.5, 0.6) is 5.75 Å². The Balaban J connectivity index is 1.53. The molecule has 1 saturated heterocycles. The van der Waals surface area contributed by atoms with Crippen LogP contribution in [0.25, 0.3) is 16.6 Å². The topological polar surface area (TPSA) is 54.5 Å². The number of hydrogen-bond donors (Lipinski definition) is 1. The Labute approximate surface area is 182 Å². The van der Waals surface area contributed by atoms with E-state index in [-0.39, 0.29) is 22.3 Å². The predicted molar refractivity (Wildman–Crippen MR) is 112 cm³/mol. The number of rotatable bonds is 4. The summed E-state index contributed by atoms with van der Waals surface area (Å²) in [4.78, 5) is 18.4. The number of aromatic nitrogens is 1. The number of thiazole rings is 1. The van der Waals surface area contributed by atoms with Gasteiger partial charge in [0.05, 0.1) is 11.4 Å². The minimum absolute atomic E-state index is 0.0785. The number of amides is 1. The molecule has 0 atom stereocenters. The van der Waals surface area contributed by atoms with Crippen molar-refractivity contribution in [3.63, 3.8) is 0 Å². The molecule has 1 amide bonds. The Kier molecular flexibility index (Phi) is 5.46. The summed E-state index contributed by atoms with van der Waals surface area (Å²) in [5, 5.41) is 5.24. The number of nitrogens with zero attached hydrogens (tertiary/aromatic N) is 2. The van der Waals surface area contributed by atoms with Gasteiger partial charge in [-0.05, 0) is 66.8 Å². The van der Waals surface area contributed by atoms with E-state index in [4.69, 9.17) is 12.2 Å². The number of carbonyl (C=O) groups is 1. The maximum Gasteiger partial charge on any atom is 0.573 e. The molecule has 0 aliphatic carbocycles. The van der Waals surface area contributed by atoms with Gasteiger partial charge in [0.1, 0.15) is 22.3 Å². The number of hydrogen-bond acceptors (Lipinski definition) is 5. The van der Waals surface area contributed by atoms with Gasteiger partial charge in [-0.2, -0.15) is 0 Å². The molecule has 2 aromatic carbocycles. The van der Waals surface area contributed by atoms with Crippen molar-refractivity contribution in [3.8, 4) is 16.3 Å². The number of thiocarbonyl (C=S) groups is 1. The number of nitrogens with one attached hydrogen (secondary N) is 1. The second-order valence-electron chi connectivity index (χ2n) is 6.25. The van der Waals surface area contributed by atoms with E-state index in [1.165, 1.54) is 41.7 Å². The van der Waals surface area contributed by atoms with Crippen molar-refractivity contribution in [1.82, 2.24) is 10.3 Å². The molecule has 3 aromatic rings. The highest BCUT2D eigenvalue weighted by Gasteiger charge is 2.33. The lowest BCUT2D eigenvalue weighted by Crippen LogP contribution is -2.30. The van der Waals surface area contributed by atoms with E-state index in [0.29, 0.717) is 10.7 Å². The summed E-state index contributed by atoms with van der Waals surface area (Å²) in [5.74, 6) is -1.24. The smallest absolute Gasteiger partial charge is 0.406 e. The third-order valence-electron chi connectivity index (χ3n) is 4.11. The van der Waals surface area contributed by atoms with Gasteiger partial charge >= 0.3 is 6.36 Å². The van der Waals surface area contributed by atoms with Crippen LogP contribution in [0.2, 0.25) is 0 Å². The second-order valence-corrected chi connectivity index (χ2v) is 7.50. The highest BCUT2D eigenvalue weighted by molar-refractivity contribution is 7.80. The molecule has 0 bridgehead atoms. The van der Waals surface area contributed by atoms with Gasteiger partial charge in [0.25, 0.3) is 5.91 Å². The molecule has 0 saturated carbocycles. The lowest BCUT2D eigenvalue weighted by molar-refractivity contribution is -0.274. The quantitative estimate of drug-likeness (QED) is 0.330. The van der Waals surface area contributed by atoms with E-state index in [9.17, 15) is 22.4 Å². The lowest BCUT2D eigenvalue weighted by Gasteiger charge is -2.15. The number of alkyl halides is 3. The summed E-state index contributed by atoms with van der Waals surface area (Å²) in [6.07, 6.45) is -3.29. The molecular weight excluding hydrogens is 454 g/mol. The Morgan fingerprint density at radius 1 is 1.10 bits per heavy atom. The lowest BCUT2D eigenvalue weighted by atomic mass is 10.2. The molecule has 1 N–H and O–H groups in total. The van der Waals surface area contributed by atoms with Gasteiger partial charge in [-0.3, -0.25) is 9.69 Å². The van der Waals surface area contributed by atoms with Crippen LogP contribution in [0.4, 0.5) is 23.2 Å². The third kappa shape index (κ3) is 4.72. The van der Waals surface area contributed by atoms with Crippen molar-refractivity contribution in [3.05, 3.63) is 71.1 Å². The highest BCUT2D eigenvalue weighted by atomic mass is 32.1. The SMILES string of the molecule is O=C1/C(=C\c2csc(-c3ccc(F)cc3)n2)NC(=S)N1c1ccc(OC(F)(F)F)cc1. The minimum atomic E-state index is -4.81. The molecule has 0 unspecified atom stereocenters. The van der Waals surface area contributed by atoms with Gasteiger partial charge in [0.2, 0.25) is 0 Å². The molecule has 1 aliphatic heterocycles. The van der Waals surface area contributed by atoms with E-state index >= 15 is 0 Å². The van der Waals surface area contributed by atoms with E-state index < -0.39 is 18.0 Å². The van der Waals surface area contributed by atoms with Gasteiger partial charge in [-0.1, -0.05) is 0 Å². The van der Waals surface area contributed by atoms with Gasteiger partial charge < -0.3 is 10.1 Å². The molecule has 5 nitrogen and oxygen atoms in total. The monoisotopic (exact) mass is 465 g/mol. The molecule has 31 heavy (non-hydrogen) atoms. The molecular formula is C20H11F4N3O2S2. The van der Waals surface area contributed by atoms with Crippen molar-refractivity contribution >= 4 is 46.3 Å². The fourth-order valence-electron chi connectivity index (χ4n) is 2.79. The summed E-state index contributed by atoms with van der Waals surface area (Å²) >= 11 is 6.52. The Morgan fingerprint density at radius 3 is 2.42 bits per heavy atom. The molecule has 158 valence electrons. The van der Waals surface area contributed by atoms with Crippen LogP contribution in [0.15, 0.2) is 59.6 Å². The Hall–Kier alpha value is -3.31. The van der Waals surface area contributed by atoms with Crippen LogP contribution >= 0.6 is 23.6 Å². The zero-order chi connectivity index (χ0) is 22.2. The second kappa shape index (κ2) is 8.08. The molecule has 1 fully saturated rings. The van der Waals surface area contributed by atoms with E-state index in [1.54, 1.807) is 17.5 Å². The maximum absolute atomic E-state index is 13.1. The number of carbonyl (C=O) groups excluding carboxylic acids is 1. The first-order valence-electron chi connectivity index (χ1n) is 8.64. The number of halogens is 4. The number of anilines is 1. The van der Waals surface area contributed by atoms with Crippen LogP contribution in [0.3, 0.4) is 0 Å². The van der Waals surface area contributed by atoms with Crippen molar-refractivity contribution in [1.29, 1.82) is 0 Å². The zero-order valence-corrected chi connectivity index (χ0v) is 16.9. The zero-order valence-electron chi connectivity index (χ0n) is 15.3. The molecule has 1 aromatic heterocycles. The first-order valence-corrected chi connectivity index (χ1v) is 9.93. The van der Waals surface area contributed by atoms with Gasteiger partial charge in [0, 0.05) is 10.9 Å². The molecule has 0 spiro atoms. The first kappa shape index (κ1) is 20.9. The number of benzene rings is 2. The van der Waals surface area contributed by atoms with Gasteiger partial charge in [-0.25, -0.2) is 9.37 Å². The summed E-state index contributed by atoms with van der Waals surface area (Å²) in [7, 11) is 0.